The second-order valence-electron chi connectivity index (χ2n) is 8.94. The molecule has 7 nitrogen and oxygen atoms in total. The van der Waals surface area contributed by atoms with Crippen molar-refractivity contribution in [1.82, 2.24) is 25.0 Å². The molecule has 2 fully saturated rings. The zero-order chi connectivity index (χ0) is 20.5. The molecule has 2 aliphatic heterocycles. The molecule has 1 saturated carbocycles. The molecular weight excluding hydrogens is 378 g/mol. The summed E-state index contributed by atoms with van der Waals surface area (Å²) in [4.78, 5) is 27.8. The van der Waals surface area contributed by atoms with Gasteiger partial charge in [0.05, 0.1) is 0 Å². The van der Waals surface area contributed by atoms with Gasteiger partial charge in [0.15, 0.2) is 0 Å². The van der Waals surface area contributed by atoms with Crippen molar-refractivity contribution >= 4 is 11.8 Å². The van der Waals surface area contributed by atoms with Crippen LogP contribution >= 0.6 is 0 Å². The normalized spacial score (nSPS) is 23.7. The van der Waals surface area contributed by atoms with Crippen LogP contribution < -0.4 is 5.32 Å². The van der Waals surface area contributed by atoms with E-state index < -0.39 is 0 Å². The molecule has 3 aliphatic rings. The lowest BCUT2D eigenvalue weighted by atomic mass is 9.88. The van der Waals surface area contributed by atoms with Crippen molar-refractivity contribution in [3.63, 3.8) is 0 Å². The van der Waals surface area contributed by atoms with E-state index >= 15 is 0 Å². The van der Waals surface area contributed by atoms with Gasteiger partial charge in [-0.25, -0.2) is 0 Å². The fourth-order valence-electron chi connectivity index (χ4n) is 5.37. The summed E-state index contributed by atoms with van der Waals surface area (Å²) in [6.45, 7) is 2.74. The van der Waals surface area contributed by atoms with E-state index in [1.54, 1.807) is 0 Å². The summed E-state index contributed by atoms with van der Waals surface area (Å²) in [6.07, 6.45) is 6.63. The number of hydrogen-bond acceptors (Lipinski definition) is 4. The van der Waals surface area contributed by atoms with E-state index in [0.29, 0.717) is 30.7 Å². The largest absolute Gasteiger partial charge is 0.345 e. The number of nitrogens with one attached hydrogen (secondary N) is 1. The Morgan fingerprint density at radius 3 is 2.60 bits per heavy atom. The molecule has 1 aromatic carbocycles. The Morgan fingerprint density at radius 2 is 1.80 bits per heavy atom. The summed E-state index contributed by atoms with van der Waals surface area (Å²) in [7, 11) is 0. The third kappa shape index (κ3) is 3.61. The Kier molecular flexibility index (Phi) is 5.27. The van der Waals surface area contributed by atoms with E-state index in [1.807, 2.05) is 34.9 Å². The summed E-state index contributed by atoms with van der Waals surface area (Å²) in [5.74, 6) is 2.21. The van der Waals surface area contributed by atoms with Gasteiger partial charge >= 0.3 is 0 Å². The molecule has 1 N–H and O–H groups in total. The molecule has 1 saturated heterocycles. The zero-order valence-electron chi connectivity index (χ0n) is 17.3. The van der Waals surface area contributed by atoms with Gasteiger partial charge in [-0.15, -0.1) is 10.2 Å². The van der Waals surface area contributed by atoms with Gasteiger partial charge in [0.2, 0.25) is 11.7 Å². The maximum absolute atomic E-state index is 13.0. The monoisotopic (exact) mass is 407 g/mol. The molecule has 158 valence electrons. The predicted molar refractivity (Wildman–Crippen MR) is 112 cm³/mol. The molecule has 30 heavy (non-hydrogen) atoms. The number of likely N-dealkylation sites (tertiary alicyclic amines) is 1. The summed E-state index contributed by atoms with van der Waals surface area (Å²) < 4.78 is 1.97. The molecule has 0 bridgehead atoms. The van der Waals surface area contributed by atoms with Crippen LogP contribution in [0.25, 0.3) is 0 Å². The first-order chi connectivity index (χ1) is 14.7. The molecule has 3 heterocycles. The summed E-state index contributed by atoms with van der Waals surface area (Å²) in [5.41, 5.74) is 1.05. The van der Waals surface area contributed by atoms with Crippen LogP contribution in [0.5, 0.6) is 0 Å². The first kappa shape index (κ1) is 19.3. The summed E-state index contributed by atoms with van der Waals surface area (Å²) in [5, 5.41) is 11.6. The van der Waals surface area contributed by atoms with Crippen LogP contribution in [0.2, 0.25) is 0 Å². The van der Waals surface area contributed by atoms with Crippen LogP contribution in [0, 0.1) is 11.8 Å². The topological polar surface area (TPSA) is 80.1 Å². The highest BCUT2D eigenvalue weighted by atomic mass is 16.2. The number of benzene rings is 1. The number of nitrogens with zero attached hydrogens (tertiary/aromatic N) is 4. The second-order valence-corrected chi connectivity index (χ2v) is 8.94. The Labute approximate surface area is 176 Å². The van der Waals surface area contributed by atoms with Crippen molar-refractivity contribution in [2.24, 2.45) is 11.8 Å². The van der Waals surface area contributed by atoms with E-state index in [-0.39, 0.29) is 17.7 Å². The van der Waals surface area contributed by atoms with Crippen molar-refractivity contribution < 1.29 is 9.59 Å². The van der Waals surface area contributed by atoms with Gasteiger partial charge in [-0.05, 0) is 30.7 Å². The van der Waals surface area contributed by atoms with Gasteiger partial charge in [-0.1, -0.05) is 49.6 Å². The smallest absolute Gasteiger partial charge is 0.289 e. The molecular formula is C23H29N5O2. The van der Waals surface area contributed by atoms with Crippen LogP contribution in [-0.2, 0) is 17.9 Å². The van der Waals surface area contributed by atoms with Crippen LogP contribution in [0.15, 0.2) is 30.3 Å². The quantitative estimate of drug-likeness (QED) is 0.845. The summed E-state index contributed by atoms with van der Waals surface area (Å²) >= 11 is 0. The average Bonchev–Trinajstić information content (AvgIpc) is 3.42. The SMILES string of the molecule is O=C(NCc1ccccc1)c1nnc2n1CC[C@H]1CN(C(=O)C3CCCCC3)C[C@H]21. The number of fused-ring (bicyclic) bond motifs is 3. The average molecular weight is 408 g/mol. The Bertz CT molecular complexity index is 919. The maximum atomic E-state index is 13.0. The van der Waals surface area contributed by atoms with Crippen molar-refractivity contribution in [1.29, 1.82) is 0 Å². The van der Waals surface area contributed by atoms with Gasteiger partial charge < -0.3 is 14.8 Å². The molecule has 5 rings (SSSR count). The molecule has 2 atom stereocenters. The minimum atomic E-state index is -0.191. The lowest BCUT2D eigenvalue weighted by Crippen LogP contribution is -2.35. The third-order valence-corrected chi connectivity index (χ3v) is 7.04. The third-order valence-electron chi connectivity index (χ3n) is 7.04. The fraction of sp³-hybridized carbons (Fsp3) is 0.565. The zero-order valence-corrected chi connectivity index (χ0v) is 17.3. The summed E-state index contributed by atoms with van der Waals surface area (Å²) in [6, 6.07) is 9.85. The number of aromatic nitrogens is 3. The van der Waals surface area contributed by atoms with E-state index in [2.05, 4.69) is 20.4 Å². The van der Waals surface area contributed by atoms with Crippen molar-refractivity contribution in [2.45, 2.75) is 57.5 Å². The van der Waals surface area contributed by atoms with E-state index in [9.17, 15) is 9.59 Å². The molecule has 1 aromatic heterocycles. The van der Waals surface area contributed by atoms with Crippen LogP contribution in [0.3, 0.4) is 0 Å². The lowest BCUT2D eigenvalue weighted by molar-refractivity contribution is -0.135. The number of carbonyl (C=O) groups excluding carboxylic acids is 2. The van der Waals surface area contributed by atoms with Gasteiger partial charge in [0.25, 0.3) is 5.91 Å². The van der Waals surface area contributed by atoms with Crippen molar-refractivity contribution in [3.8, 4) is 0 Å². The minimum Gasteiger partial charge on any atom is -0.345 e. The predicted octanol–water partition coefficient (Wildman–Crippen LogP) is 2.73. The number of amides is 2. The van der Waals surface area contributed by atoms with Gasteiger partial charge in [-0.3, -0.25) is 9.59 Å². The highest BCUT2D eigenvalue weighted by molar-refractivity contribution is 5.90. The minimum absolute atomic E-state index is 0.189. The Hall–Kier alpha value is -2.70. The van der Waals surface area contributed by atoms with Crippen molar-refractivity contribution in [2.75, 3.05) is 13.1 Å². The van der Waals surface area contributed by atoms with E-state index in [0.717, 1.165) is 43.7 Å². The molecule has 0 spiro atoms. The number of rotatable bonds is 4. The standard InChI is InChI=1S/C23H29N5O2/c29-22(24-13-16-7-3-1-4-8-16)21-26-25-20-19-15-27(14-18(19)11-12-28(20)21)23(30)17-9-5-2-6-10-17/h1,3-4,7-8,17-19H,2,5-6,9-15H2,(H,24,29)/t18-,19-/m0/s1. The Balaban J connectivity index is 1.27. The molecule has 7 heteroatoms. The van der Waals surface area contributed by atoms with Crippen LogP contribution in [-0.4, -0.2) is 44.6 Å². The molecule has 2 aromatic rings. The number of carbonyl (C=O) groups is 2. The molecule has 0 unspecified atom stereocenters. The lowest BCUT2D eigenvalue weighted by Gasteiger charge is -2.26. The number of hydrogen-bond donors (Lipinski definition) is 1. The van der Waals surface area contributed by atoms with E-state index in [1.165, 1.54) is 19.3 Å². The fourth-order valence-corrected chi connectivity index (χ4v) is 5.37. The molecule has 1 aliphatic carbocycles. The first-order valence-corrected chi connectivity index (χ1v) is 11.2. The van der Waals surface area contributed by atoms with Gasteiger partial charge in [0.1, 0.15) is 5.82 Å². The van der Waals surface area contributed by atoms with Gasteiger partial charge in [-0.2, -0.15) is 0 Å². The van der Waals surface area contributed by atoms with Crippen LogP contribution in [0.4, 0.5) is 0 Å². The maximum Gasteiger partial charge on any atom is 0.289 e. The van der Waals surface area contributed by atoms with Crippen LogP contribution in [0.1, 0.15) is 66.4 Å². The molecule has 2 amide bonds. The van der Waals surface area contributed by atoms with Gasteiger partial charge in [0, 0.05) is 38.0 Å². The highest BCUT2D eigenvalue weighted by Gasteiger charge is 2.43. The van der Waals surface area contributed by atoms with Crippen molar-refractivity contribution in [3.05, 3.63) is 47.5 Å². The highest BCUT2D eigenvalue weighted by Crippen LogP contribution is 2.39. The first-order valence-electron chi connectivity index (χ1n) is 11.2. The Morgan fingerprint density at radius 1 is 1.00 bits per heavy atom. The second kappa shape index (κ2) is 8.20. The van der Waals surface area contributed by atoms with E-state index in [4.69, 9.17) is 0 Å². The molecule has 0 radical (unpaired) electrons.